The lowest BCUT2D eigenvalue weighted by Gasteiger charge is -2.18. The fourth-order valence-corrected chi connectivity index (χ4v) is 5.12. The third kappa shape index (κ3) is 2.92. The third-order valence-electron chi connectivity index (χ3n) is 4.84. The zero-order valence-electron chi connectivity index (χ0n) is 12.7. The standard InChI is InChI=1S/C16H26N2OS/c1-3-6-17-9-15-14(10-19-2)18-16(20-15)13-8-11-4-5-12(13)7-11/h11-13,17H,3-10H2,1-2H3. The summed E-state index contributed by atoms with van der Waals surface area (Å²) < 4.78 is 5.33. The van der Waals surface area contributed by atoms with Crippen LogP contribution in [0.25, 0.3) is 0 Å². The molecule has 0 aliphatic heterocycles. The van der Waals surface area contributed by atoms with Crippen molar-refractivity contribution in [1.82, 2.24) is 10.3 Å². The molecule has 1 heterocycles. The molecule has 112 valence electrons. The minimum absolute atomic E-state index is 0.653. The van der Waals surface area contributed by atoms with Crippen LogP contribution in [0.5, 0.6) is 0 Å². The second-order valence-electron chi connectivity index (χ2n) is 6.31. The summed E-state index contributed by atoms with van der Waals surface area (Å²) in [6, 6.07) is 0. The van der Waals surface area contributed by atoms with Gasteiger partial charge in [0.2, 0.25) is 0 Å². The molecule has 3 unspecified atom stereocenters. The van der Waals surface area contributed by atoms with E-state index >= 15 is 0 Å². The van der Waals surface area contributed by atoms with E-state index in [0.717, 1.165) is 30.8 Å². The Bertz CT molecular complexity index is 446. The van der Waals surface area contributed by atoms with Crippen LogP contribution in [-0.4, -0.2) is 18.6 Å². The number of rotatable bonds is 7. The normalized spacial score (nSPS) is 28.4. The monoisotopic (exact) mass is 294 g/mol. The Morgan fingerprint density at radius 3 is 2.90 bits per heavy atom. The van der Waals surface area contributed by atoms with Crippen molar-refractivity contribution in [1.29, 1.82) is 0 Å². The maximum atomic E-state index is 5.33. The van der Waals surface area contributed by atoms with Crippen LogP contribution in [0.1, 0.15) is 60.5 Å². The van der Waals surface area contributed by atoms with Crippen LogP contribution >= 0.6 is 11.3 Å². The second-order valence-corrected chi connectivity index (χ2v) is 7.43. The molecule has 2 aliphatic rings. The number of hydrogen-bond acceptors (Lipinski definition) is 4. The van der Waals surface area contributed by atoms with Gasteiger partial charge in [0.1, 0.15) is 0 Å². The average molecular weight is 294 g/mol. The molecule has 1 N–H and O–H groups in total. The van der Waals surface area contributed by atoms with E-state index < -0.39 is 0 Å². The van der Waals surface area contributed by atoms with E-state index in [4.69, 9.17) is 9.72 Å². The maximum Gasteiger partial charge on any atom is 0.0966 e. The van der Waals surface area contributed by atoms with Crippen molar-refractivity contribution in [3.8, 4) is 0 Å². The SMILES string of the molecule is CCCNCc1sc(C2CC3CCC2C3)nc1COC. The maximum absolute atomic E-state index is 5.33. The van der Waals surface area contributed by atoms with Crippen LogP contribution in [0.2, 0.25) is 0 Å². The molecule has 2 aliphatic carbocycles. The molecule has 3 nitrogen and oxygen atoms in total. The minimum Gasteiger partial charge on any atom is -0.378 e. The van der Waals surface area contributed by atoms with Crippen molar-refractivity contribution in [2.45, 2.75) is 58.1 Å². The summed E-state index contributed by atoms with van der Waals surface area (Å²) in [5.74, 6) is 2.65. The van der Waals surface area contributed by atoms with Gasteiger partial charge in [0, 0.05) is 24.4 Å². The molecular weight excluding hydrogens is 268 g/mol. The van der Waals surface area contributed by atoms with Gasteiger partial charge in [-0.2, -0.15) is 0 Å². The molecule has 0 radical (unpaired) electrons. The van der Waals surface area contributed by atoms with E-state index in [-0.39, 0.29) is 0 Å². The molecule has 4 heteroatoms. The van der Waals surface area contributed by atoms with Crippen molar-refractivity contribution in [3.05, 3.63) is 15.6 Å². The minimum atomic E-state index is 0.653. The number of nitrogens with one attached hydrogen (secondary N) is 1. The Morgan fingerprint density at radius 2 is 2.25 bits per heavy atom. The summed E-state index contributed by atoms with van der Waals surface area (Å²) in [5.41, 5.74) is 1.17. The molecule has 1 aromatic heterocycles. The Kier molecular flexibility index (Phi) is 4.74. The molecular formula is C16H26N2OS. The van der Waals surface area contributed by atoms with E-state index in [1.54, 1.807) is 7.11 Å². The number of ether oxygens (including phenoxy) is 1. The van der Waals surface area contributed by atoms with Crippen molar-refractivity contribution >= 4 is 11.3 Å². The van der Waals surface area contributed by atoms with Crippen LogP contribution in [0.15, 0.2) is 0 Å². The Balaban J connectivity index is 1.72. The van der Waals surface area contributed by atoms with Gasteiger partial charge < -0.3 is 10.1 Å². The van der Waals surface area contributed by atoms with Gasteiger partial charge in [-0.1, -0.05) is 13.3 Å². The molecule has 2 bridgehead atoms. The fraction of sp³-hybridized carbons (Fsp3) is 0.812. The molecule has 2 fully saturated rings. The Hall–Kier alpha value is -0.450. The smallest absolute Gasteiger partial charge is 0.0966 e. The topological polar surface area (TPSA) is 34.2 Å². The largest absolute Gasteiger partial charge is 0.378 e. The van der Waals surface area contributed by atoms with Gasteiger partial charge in [0.25, 0.3) is 0 Å². The van der Waals surface area contributed by atoms with Crippen molar-refractivity contribution in [2.75, 3.05) is 13.7 Å². The van der Waals surface area contributed by atoms with Gasteiger partial charge in [-0.25, -0.2) is 4.98 Å². The van der Waals surface area contributed by atoms with E-state index in [0.29, 0.717) is 6.61 Å². The summed E-state index contributed by atoms with van der Waals surface area (Å²) in [7, 11) is 1.76. The number of methoxy groups -OCH3 is 1. The first-order valence-electron chi connectivity index (χ1n) is 8.00. The first kappa shape index (κ1) is 14.5. The summed E-state index contributed by atoms with van der Waals surface area (Å²) >= 11 is 1.93. The van der Waals surface area contributed by atoms with Gasteiger partial charge in [0.15, 0.2) is 0 Å². The Labute approximate surface area is 126 Å². The summed E-state index contributed by atoms with van der Waals surface area (Å²) in [6.45, 7) is 4.88. The van der Waals surface area contributed by atoms with Crippen LogP contribution in [-0.2, 0) is 17.9 Å². The third-order valence-corrected chi connectivity index (χ3v) is 6.07. The quantitative estimate of drug-likeness (QED) is 0.779. The predicted octanol–water partition coefficient (Wildman–Crippen LogP) is 3.69. The lowest BCUT2D eigenvalue weighted by molar-refractivity contribution is 0.181. The molecule has 0 amide bonds. The fourth-order valence-electron chi connectivity index (χ4n) is 3.88. The van der Waals surface area contributed by atoms with Gasteiger partial charge in [0.05, 0.1) is 17.3 Å². The lowest BCUT2D eigenvalue weighted by Crippen LogP contribution is -2.14. The molecule has 3 rings (SSSR count). The number of thiazole rings is 1. The number of fused-ring (bicyclic) bond motifs is 2. The summed E-state index contributed by atoms with van der Waals surface area (Å²) in [4.78, 5) is 6.32. The zero-order chi connectivity index (χ0) is 13.9. The van der Waals surface area contributed by atoms with E-state index in [9.17, 15) is 0 Å². The molecule has 0 aromatic carbocycles. The highest BCUT2D eigenvalue weighted by molar-refractivity contribution is 7.11. The lowest BCUT2D eigenvalue weighted by atomic mass is 9.89. The highest BCUT2D eigenvalue weighted by Crippen LogP contribution is 2.53. The number of nitrogens with zero attached hydrogens (tertiary/aromatic N) is 1. The highest BCUT2D eigenvalue weighted by Gasteiger charge is 2.41. The average Bonchev–Trinajstić information content (AvgIpc) is 3.14. The van der Waals surface area contributed by atoms with Crippen molar-refractivity contribution in [2.24, 2.45) is 11.8 Å². The number of hydrogen-bond donors (Lipinski definition) is 1. The first-order chi connectivity index (χ1) is 9.81. The van der Waals surface area contributed by atoms with Gasteiger partial charge in [-0.3, -0.25) is 0 Å². The summed E-state index contributed by atoms with van der Waals surface area (Å²) in [5, 5.41) is 4.89. The molecule has 3 atom stereocenters. The van der Waals surface area contributed by atoms with Gasteiger partial charge in [-0.15, -0.1) is 11.3 Å². The van der Waals surface area contributed by atoms with Gasteiger partial charge in [-0.05, 0) is 44.1 Å². The highest BCUT2D eigenvalue weighted by atomic mass is 32.1. The van der Waals surface area contributed by atoms with Gasteiger partial charge >= 0.3 is 0 Å². The van der Waals surface area contributed by atoms with Crippen LogP contribution in [0.4, 0.5) is 0 Å². The van der Waals surface area contributed by atoms with Crippen LogP contribution < -0.4 is 5.32 Å². The zero-order valence-corrected chi connectivity index (χ0v) is 13.5. The summed E-state index contributed by atoms with van der Waals surface area (Å²) in [6.07, 6.45) is 6.90. The van der Waals surface area contributed by atoms with Crippen LogP contribution in [0.3, 0.4) is 0 Å². The van der Waals surface area contributed by atoms with E-state index in [1.807, 2.05) is 11.3 Å². The molecule has 2 saturated carbocycles. The van der Waals surface area contributed by atoms with Crippen LogP contribution in [0, 0.1) is 11.8 Å². The molecule has 0 saturated heterocycles. The Morgan fingerprint density at radius 1 is 1.35 bits per heavy atom. The number of aromatic nitrogens is 1. The second kappa shape index (κ2) is 6.54. The van der Waals surface area contributed by atoms with Crippen molar-refractivity contribution in [3.63, 3.8) is 0 Å². The predicted molar refractivity (Wildman–Crippen MR) is 83.0 cm³/mol. The van der Waals surface area contributed by atoms with E-state index in [2.05, 4.69) is 12.2 Å². The first-order valence-corrected chi connectivity index (χ1v) is 8.81. The molecule has 20 heavy (non-hydrogen) atoms. The van der Waals surface area contributed by atoms with Crippen molar-refractivity contribution < 1.29 is 4.74 Å². The van der Waals surface area contributed by atoms with E-state index in [1.165, 1.54) is 47.7 Å². The molecule has 1 aromatic rings. The molecule has 0 spiro atoms.